The number of ether oxygens (including phenoxy) is 2. The van der Waals surface area contributed by atoms with Gasteiger partial charge in [-0.05, 0) is 108 Å². The summed E-state index contributed by atoms with van der Waals surface area (Å²) in [6, 6.07) is 50.2. The highest BCUT2D eigenvalue weighted by molar-refractivity contribution is 6.98. The van der Waals surface area contributed by atoms with Crippen molar-refractivity contribution < 1.29 is 9.47 Å². The number of fused-ring (bicyclic) bond motifs is 4. The smallest absolute Gasteiger partial charge is 0.260 e. The van der Waals surface area contributed by atoms with Crippen LogP contribution >= 0.6 is 0 Å². The fraction of sp³-hybridized carbons (Fsp3) is 0. The van der Waals surface area contributed by atoms with Gasteiger partial charge in [0.15, 0.2) is 0 Å². The number of benzene rings is 6. The minimum Gasteiger partial charge on any atom is -0.458 e. The van der Waals surface area contributed by atoms with E-state index in [-0.39, 0.29) is 6.71 Å². The van der Waals surface area contributed by atoms with Gasteiger partial charge >= 0.3 is 0 Å². The second-order valence-corrected chi connectivity index (χ2v) is 11.5. The molecule has 47 heavy (non-hydrogen) atoms. The minimum absolute atomic E-state index is 0.116. The first-order chi connectivity index (χ1) is 23.2. The van der Waals surface area contributed by atoms with Gasteiger partial charge in [-0.2, -0.15) is 0 Å². The highest BCUT2D eigenvalue weighted by atomic mass is 16.5. The molecule has 0 amide bonds. The molecule has 2 aliphatic heterocycles. The summed E-state index contributed by atoms with van der Waals surface area (Å²) in [6.45, 7) is 7.97. The van der Waals surface area contributed by atoms with Crippen molar-refractivity contribution in [2.45, 2.75) is 0 Å². The molecule has 0 saturated carbocycles. The van der Waals surface area contributed by atoms with Crippen LogP contribution in [0, 0.1) is 0 Å². The summed E-state index contributed by atoms with van der Waals surface area (Å²) in [4.78, 5) is 4.48. The molecular formula is C42H31BN2O2. The van der Waals surface area contributed by atoms with Gasteiger partial charge in [0.05, 0.1) is 0 Å². The van der Waals surface area contributed by atoms with Crippen molar-refractivity contribution in [3.05, 3.63) is 183 Å². The first-order valence-corrected chi connectivity index (χ1v) is 15.7. The van der Waals surface area contributed by atoms with E-state index >= 15 is 0 Å². The summed E-state index contributed by atoms with van der Waals surface area (Å²) in [7, 11) is 0. The van der Waals surface area contributed by atoms with Crippen LogP contribution in [-0.2, 0) is 0 Å². The first kappa shape index (κ1) is 28.3. The van der Waals surface area contributed by atoms with Crippen LogP contribution in [-0.4, -0.2) is 6.71 Å². The Labute approximate surface area is 275 Å². The van der Waals surface area contributed by atoms with Gasteiger partial charge in [0.25, 0.3) is 6.71 Å². The van der Waals surface area contributed by atoms with E-state index in [0.29, 0.717) is 0 Å². The molecule has 6 aromatic carbocycles. The fourth-order valence-electron chi connectivity index (χ4n) is 6.67. The Morgan fingerprint density at radius 2 is 1.02 bits per heavy atom. The molecule has 0 atom stereocenters. The lowest BCUT2D eigenvalue weighted by Crippen LogP contribution is -2.57. The van der Waals surface area contributed by atoms with Crippen LogP contribution < -0.4 is 35.7 Å². The maximum Gasteiger partial charge on any atom is 0.260 e. The zero-order chi connectivity index (χ0) is 31.7. The van der Waals surface area contributed by atoms with Gasteiger partial charge in [0, 0.05) is 39.6 Å². The molecule has 5 heteroatoms. The van der Waals surface area contributed by atoms with Crippen LogP contribution in [0.15, 0.2) is 183 Å². The van der Waals surface area contributed by atoms with E-state index in [2.05, 4.69) is 120 Å². The van der Waals surface area contributed by atoms with E-state index < -0.39 is 0 Å². The highest BCUT2D eigenvalue weighted by Gasteiger charge is 2.40. The molecule has 0 aromatic heterocycles. The van der Waals surface area contributed by atoms with E-state index in [1.165, 1.54) is 0 Å². The molecule has 0 aliphatic carbocycles. The van der Waals surface area contributed by atoms with Crippen molar-refractivity contribution in [3.8, 4) is 23.0 Å². The topological polar surface area (TPSA) is 24.9 Å². The Hall–Kier alpha value is -6.20. The Morgan fingerprint density at radius 3 is 1.55 bits per heavy atom. The van der Waals surface area contributed by atoms with E-state index in [4.69, 9.17) is 9.47 Å². The molecule has 8 rings (SSSR count). The second-order valence-electron chi connectivity index (χ2n) is 11.5. The fourth-order valence-corrected chi connectivity index (χ4v) is 6.67. The normalized spacial score (nSPS) is 12.4. The summed E-state index contributed by atoms with van der Waals surface area (Å²) < 4.78 is 13.1. The maximum atomic E-state index is 6.58. The maximum absolute atomic E-state index is 6.58. The van der Waals surface area contributed by atoms with Gasteiger partial charge in [-0.15, -0.1) is 0 Å². The predicted octanol–water partition coefficient (Wildman–Crippen LogP) is 9.28. The molecule has 2 aliphatic rings. The number of hydrogen-bond donors (Lipinski definition) is 0. The van der Waals surface area contributed by atoms with Gasteiger partial charge in [0.2, 0.25) is 0 Å². The van der Waals surface area contributed by atoms with Crippen molar-refractivity contribution in [1.82, 2.24) is 0 Å². The number of anilines is 5. The molecule has 6 aromatic rings. The van der Waals surface area contributed by atoms with E-state index in [0.717, 1.165) is 73.5 Å². The molecular weight excluding hydrogens is 575 g/mol. The molecule has 0 spiro atoms. The summed E-state index contributed by atoms with van der Waals surface area (Å²) in [5.74, 6) is 3.28. The number of allylic oxidation sites excluding steroid dienone is 3. The SMILES string of the molecule is C=C/C=C(\C=C)N(c1ccccc1)c1ccc2c(c1)B1c3cc(N(c4ccccc4)c4ccccc4)ccc3Oc3cccc(c31)O2. The van der Waals surface area contributed by atoms with E-state index in [9.17, 15) is 0 Å². The molecule has 0 saturated heterocycles. The van der Waals surface area contributed by atoms with Crippen LogP contribution in [0.2, 0.25) is 0 Å². The second kappa shape index (κ2) is 12.0. The molecule has 0 bridgehead atoms. The van der Waals surface area contributed by atoms with E-state index in [1.54, 1.807) is 6.08 Å². The van der Waals surface area contributed by atoms with Gasteiger partial charge < -0.3 is 19.3 Å². The Kier molecular flexibility index (Phi) is 7.20. The monoisotopic (exact) mass is 606 g/mol. The molecule has 0 radical (unpaired) electrons. The Bertz CT molecular complexity index is 2090. The van der Waals surface area contributed by atoms with Crippen LogP contribution in [0.5, 0.6) is 23.0 Å². The van der Waals surface area contributed by atoms with Crippen LogP contribution in [0.4, 0.5) is 28.4 Å². The molecule has 4 nitrogen and oxygen atoms in total. The summed E-state index contributed by atoms with van der Waals surface area (Å²) in [6.07, 6.45) is 5.62. The van der Waals surface area contributed by atoms with Gasteiger partial charge in [0.1, 0.15) is 23.0 Å². The largest absolute Gasteiger partial charge is 0.458 e. The van der Waals surface area contributed by atoms with Crippen LogP contribution in [0.3, 0.4) is 0 Å². The standard InChI is InChI=1S/C42H31BN2O2/c1-3-15-30(4-2)44(31-16-8-5-9-17-31)34-24-26-38-36(28-34)43-37-29-35(25-27-39(37)47-41-23-14-22-40(46-38)42(41)43)45(32-18-10-6-11-19-32)33-20-12-7-13-21-33/h3-29H,1-2H2/b30-15+. The molecule has 2 heterocycles. The molecule has 0 unspecified atom stereocenters. The minimum atomic E-state index is -0.116. The number of hydrogen-bond acceptors (Lipinski definition) is 4. The van der Waals surface area contributed by atoms with E-state index in [1.807, 2.05) is 60.7 Å². The predicted molar refractivity (Wildman–Crippen MR) is 196 cm³/mol. The summed E-state index contributed by atoms with van der Waals surface area (Å²) >= 11 is 0. The van der Waals surface area contributed by atoms with Crippen molar-refractivity contribution in [2.75, 3.05) is 9.80 Å². The lowest BCUT2D eigenvalue weighted by atomic mass is 9.35. The van der Waals surface area contributed by atoms with Crippen molar-refractivity contribution in [3.63, 3.8) is 0 Å². The highest BCUT2D eigenvalue weighted by Crippen LogP contribution is 2.40. The van der Waals surface area contributed by atoms with Gasteiger partial charge in [-0.1, -0.05) is 79.9 Å². The van der Waals surface area contributed by atoms with Crippen molar-refractivity contribution in [2.24, 2.45) is 0 Å². The molecule has 0 fully saturated rings. The van der Waals surface area contributed by atoms with Crippen molar-refractivity contribution >= 4 is 51.5 Å². The van der Waals surface area contributed by atoms with Crippen molar-refractivity contribution in [1.29, 1.82) is 0 Å². The zero-order valence-electron chi connectivity index (χ0n) is 25.8. The molecule has 224 valence electrons. The average Bonchev–Trinajstić information content (AvgIpc) is 3.13. The summed E-state index contributed by atoms with van der Waals surface area (Å²) in [5, 5.41) is 0. The third kappa shape index (κ3) is 4.99. The van der Waals surface area contributed by atoms with Gasteiger partial charge in [-0.25, -0.2) is 0 Å². The van der Waals surface area contributed by atoms with Gasteiger partial charge in [-0.3, -0.25) is 0 Å². The molecule has 0 N–H and O–H groups in total. The van der Waals surface area contributed by atoms with Crippen LogP contribution in [0.25, 0.3) is 0 Å². The Balaban J connectivity index is 1.32. The lowest BCUT2D eigenvalue weighted by Gasteiger charge is -2.35. The number of para-hydroxylation sites is 3. The number of rotatable bonds is 8. The number of nitrogens with zero attached hydrogens (tertiary/aromatic N) is 2. The lowest BCUT2D eigenvalue weighted by molar-refractivity contribution is 0.464. The zero-order valence-corrected chi connectivity index (χ0v) is 25.8. The quantitative estimate of drug-likeness (QED) is 0.127. The van der Waals surface area contributed by atoms with Crippen LogP contribution in [0.1, 0.15) is 0 Å². The first-order valence-electron chi connectivity index (χ1n) is 15.7. The Morgan fingerprint density at radius 1 is 0.511 bits per heavy atom. The average molecular weight is 607 g/mol. The third-order valence-corrected chi connectivity index (χ3v) is 8.68. The summed E-state index contributed by atoms with van der Waals surface area (Å²) in [5.41, 5.74) is 9.32. The third-order valence-electron chi connectivity index (χ3n) is 8.68.